The Morgan fingerprint density at radius 3 is 2.33 bits per heavy atom. The van der Waals surface area contributed by atoms with Crippen molar-refractivity contribution in [2.45, 2.75) is 103 Å². The molecule has 0 radical (unpaired) electrons. The predicted molar refractivity (Wildman–Crippen MR) is 249 cm³/mol. The molecule has 3 amide bonds. The topological polar surface area (TPSA) is 218 Å². The van der Waals surface area contributed by atoms with Gasteiger partial charge in [0.2, 0.25) is 12.1 Å². The number of nitrogens with zero attached hydrogens (tertiary/aromatic N) is 5. The zero-order valence-electron chi connectivity index (χ0n) is 38.6. The quantitative estimate of drug-likeness (QED) is 0.0673. The molecule has 0 bridgehead atoms. The molecule has 7 N–H and O–H groups in total. The Morgan fingerprint density at radius 1 is 0.896 bits per heavy atom. The number of aromatic nitrogens is 5. The Morgan fingerprint density at radius 2 is 1.60 bits per heavy atom. The number of alkyl carbamates (subject to hydrolysis) is 2. The van der Waals surface area contributed by atoms with Crippen molar-refractivity contribution in [1.82, 2.24) is 44.9 Å². The summed E-state index contributed by atoms with van der Waals surface area (Å²) in [5, 5.41) is 17.4. The Labute approximate surface area is 387 Å². The minimum absolute atomic E-state index is 0.0682. The lowest BCUT2D eigenvalue weighted by Crippen LogP contribution is -2.54. The first kappa shape index (κ1) is 45.5. The van der Waals surface area contributed by atoms with E-state index < -0.39 is 36.7 Å². The van der Waals surface area contributed by atoms with E-state index in [2.05, 4.69) is 20.6 Å². The normalized spacial score (nSPS) is 20.9. The number of nitrogen functional groups attached to an aromatic ring is 1. The third-order valence-corrected chi connectivity index (χ3v) is 13.7. The lowest BCUT2D eigenvalue weighted by Gasteiger charge is -2.35. The van der Waals surface area contributed by atoms with Gasteiger partial charge in [-0.1, -0.05) is 45.9 Å². The van der Waals surface area contributed by atoms with Crippen molar-refractivity contribution in [1.29, 1.82) is 0 Å². The van der Waals surface area contributed by atoms with Crippen molar-refractivity contribution in [2.75, 3.05) is 33.0 Å². The number of methoxy groups -OCH3 is 2. The molecule has 9 rings (SSSR count). The summed E-state index contributed by atoms with van der Waals surface area (Å²) >= 11 is 0. The highest BCUT2D eigenvalue weighted by Gasteiger charge is 2.41. The summed E-state index contributed by atoms with van der Waals surface area (Å²) in [5.74, 6) is 1.10. The van der Waals surface area contributed by atoms with E-state index >= 15 is 4.39 Å². The van der Waals surface area contributed by atoms with Gasteiger partial charge in [0.25, 0.3) is 0 Å². The van der Waals surface area contributed by atoms with Gasteiger partial charge in [0.1, 0.15) is 29.7 Å². The Kier molecular flexibility index (Phi) is 12.6. The number of aliphatic hydroxyl groups excluding tert-OH is 1. The van der Waals surface area contributed by atoms with Gasteiger partial charge >= 0.3 is 12.2 Å². The first-order chi connectivity index (χ1) is 32.3. The molecule has 2 saturated heterocycles. The number of hydrogen-bond acceptors (Lipinski definition) is 11. The van der Waals surface area contributed by atoms with E-state index in [0.717, 1.165) is 47.2 Å². The molecule has 67 heavy (non-hydrogen) atoms. The van der Waals surface area contributed by atoms with Crippen LogP contribution in [0.5, 0.6) is 0 Å². The van der Waals surface area contributed by atoms with Gasteiger partial charge in [-0.15, -0.1) is 0 Å². The number of rotatable bonds is 12. The number of halogens is 1. The van der Waals surface area contributed by atoms with Crippen LogP contribution >= 0.6 is 0 Å². The van der Waals surface area contributed by atoms with Crippen LogP contribution < -0.4 is 16.4 Å². The van der Waals surface area contributed by atoms with Gasteiger partial charge in [-0.05, 0) is 86.3 Å². The number of amides is 3. The Bertz CT molecular complexity index is 2750. The molecule has 2 aromatic carbocycles. The molecule has 5 aromatic rings. The summed E-state index contributed by atoms with van der Waals surface area (Å²) < 4.78 is 35.8. The number of nitrogens with one attached hydrogen (secondary N) is 4. The van der Waals surface area contributed by atoms with Gasteiger partial charge in [-0.25, -0.2) is 23.9 Å². The number of allylic oxidation sites excluding steroid dienone is 3. The van der Waals surface area contributed by atoms with Gasteiger partial charge in [0.15, 0.2) is 5.82 Å². The molecule has 6 atom stereocenters. The van der Waals surface area contributed by atoms with Gasteiger partial charge in [0, 0.05) is 40.9 Å². The largest absolute Gasteiger partial charge is 0.466 e. The van der Waals surface area contributed by atoms with Crippen LogP contribution in [-0.4, -0.2) is 103 Å². The molecular weight excluding hydrogens is 860 g/mol. The number of benzene rings is 2. The van der Waals surface area contributed by atoms with Crippen molar-refractivity contribution in [3.05, 3.63) is 101 Å². The van der Waals surface area contributed by atoms with Crippen LogP contribution in [0.4, 0.5) is 19.7 Å². The molecule has 3 aromatic heterocycles. The monoisotopic (exact) mass is 918 g/mol. The van der Waals surface area contributed by atoms with E-state index in [1.165, 1.54) is 14.2 Å². The second-order valence-corrected chi connectivity index (χ2v) is 18.5. The molecule has 0 saturated carbocycles. The highest BCUT2D eigenvalue weighted by atomic mass is 19.1. The van der Waals surface area contributed by atoms with Crippen LogP contribution in [0.2, 0.25) is 0 Å². The van der Waals surface area contributed by atoms with Gasteiger partial charge in [-0.2, -0.15) is 0 Å². The van der Waals surface area contributed by atoms with E-state index in [-0.39, 0.29) is 35.6 Å². The van der Waals surface area contributed by atoms with Gasteiger partial charge in [-0.3, -0.25) is 14.3 Å². The summed E-state index contributed by atoms with van der Waals surface area (Å²) in [7, 11) is 2.57. The molecule has 3 aliphatic heterocycles. The predicted octanol–water partition coefficient (Wildman–Crippen LogP) is 7.52. The van der Waals surface area contributed by atoms with Crippen molar-refractivity contribution in [2.24, 2.45) is 11.8 Å². The molecule has 6 unspecified atom stereocenters. The molecule has 17 nitrogen and oxygen atoms in total. The summed E-state index contributed by atoms with van der Waals surface area (Å²) in [5.41, 5.74) is 12.6. The summed E-state index contributed by atoms with van der Waals surface area (Å²) in [4.78, 5) is 58.3. The van der Waals surface area contributed by atoms with E-state index in [1.54, 1.807) is 23.4 Å². The number of carbonyl (C=O) groups excluding carboxylic acids is 3. The summed E-state index contributed by atoms with van der Waals surface area (Å²) in [6.07, 6.45) is 6.65. The Balaban J connectivity index is 1.02. The fourth-order valence-electron chi connectivity index (χ4n) is 10.2. The molecule has 2 fully saturated rings. The third-order valence-electron chi connectivity index (χ3n) is 13.7. The smallest absolute Gasteiger partial charge is 0.407 e. The van der Waals surface area contributed by atoms with Crippen LogP contribution in [0, 0.1) is 17.7 Å². The van der Waals surface area contributed by atoms with Crippen molar-refractivity contribution in [3.63, 3.8) is 0 Å². The molecule has 0 spiro atoms. The van der Waals surface area contributed by atoms with Crippen molar-refractivity contribution in [3.8, 4) is 11.3 Å². The molecule has 354 valence electrons. The zero-order chi connectivity index (χ0) is 47.3. The summed E-state index contributed by atoms with van der Waals surface area (Å²) in [6, 6.07) is 11.3. The third kappa shape index (κ3) is 8.52. The van der Waals surface area contributed by atoms with Crippen LogP contribution in [0.3, 0.4) is 0 Å². The SMILES string of the molecule is COC(=O)NC(C(=O)N1CCCC1c1ncc(C2=CC3=C(CC2)c2c(F)c4cc(-c5cnc(C6CCCN6C(O)C(NC(=O)OC)C(C)C)[nH]5)ccc4n2C(c2cccc(N)c2)O3)[nH]1)C(C)C. The number of fused-ring (bicyclic) bond motifs is 4. The number of ether oxygens (including phenoxy) is 3. The van der Waals surface area contributed by atoms with Gasteiger partial charge in [0.05, 0.1) is 67.3 Å². The first-order valence-electron chi connectivity index (χ1n) is 23.1. The number of H-pyrrole nitrogens is 2. The number of likely N-dealkylation sites (tertiary alicyclic amines) is 2. The highest BCUT2D eigenvalue weighted by molar-refractivity contribution is 5.92. The average Bonchev–Trinajstić information content (AvgIpc) is 4.19. The second kappa shape index (κ2) is 18.6. The highest BCUT2D eigenvalue weighted by Crippen LogP contribution is 2.48. The first-order valence-corrected chi connectivity index (χ1v) is 23.1. The minimum Gasteiger partial charge on any atom is -0.466 e. The minimum atomic E-state index is -0.975. The Hall–Kier alpha value is -6.66. The number of anilines is 1. The number of aliphatic hydroxyl groups is 1. The van der Waals surface area contributed by atoms with Crippen LogP contribution in [0.25, 0.3) is 33.3 Å². The second-order valence-electron chi connectivity index (χ2n) is 18.5. The van der Waals surface area contributed by atoms with Crippen LogP contribution in [-0.2, 0) is 19.0 Å². The lowest BCUT2D eigenvalue weighted by atomic mass is 9.92. The maximum absolute atomic E-state index is 17.4. The van der Waals surface area contributed by atoms with Crippen molar-refractivity contribution < 1.29 is 38.1 Å². The van der Waals surface area contributed by atoms with Crippen LogP contribution in [0.1, 0.15) is 113 Å². The van der Waals surface area contributed by atoms with Crippen LogP contribution in [0.15, 0.2) is 66.7 Å². The van der Waals surface area contributed by atoms with Gasteiger partial charge < -0.3 is 50.6 Å². The van der Waals surface area contributed by atoms with E-state index in [9.17, 15) is 19.5 Å². The number of imidazole rings is 2. The molecule has 18 heteroatoms. The molecule has 1 aliphatic carbocycles. The maximum atomic E-state index is 17.4. The number of aromatic amines is 2. The standard InChI is InChI=1S/C49H59FN10O7/c1-25(2)40(56-48(63)65-5)45(61)58-18-8-12-36(58)43-52-23-33(54-43)27-15-17-35-32(21-27)39(50)42-31-16-14-28(22-38(31)67-47(60(35)42)29-10-7-11-30(51)20-29)34-24-53-44(55-34)37-13-9-19-59(37)46(62)41(26(3)4)57-49(64)66-6/h7,10-11,15,17,20-26,36-37,40-41,45,47,61H,8-9,12-14,16,18-19,51H2,1-6H3,(H,52,54)(H,53,55)(H,56,63)(H,57,64). The molecular formula is C49H59FN10O7. The maximum Gasteiger partial charge on any atom is 0.407 e. The number of nitrogens with two attached hydrogens (primary N) is 1. The molecule has 6 heterocycles. The average molecular weight is 919 g/mol. The molecule has 4 aliphatic rings. The fraction of sp³-hybridized carbons (Fsp3) is 0.449. The van der Waals surface area contributed by atoms with E-state index in [1.807, 2.05) is 79.6 Å². The fourth-order valence-corrected chi connectivity index (χ4v) is 10.2. The number of carbonyl (C=O) groups is 3. The zero-order valence-corrected chi connectivity index (χ0v) is 38.6. The van der Waals surface area contributed by atoms with E-state index in [0.29, 0.717) is 77.7 Å². The summed E-state index contributed by atoms with van der Waals surface area (Å²) in [6.45, 7) is 8.79. The lowest BCUT2D eigenvalue weighted by molar-refractivity contribution is -0.135. The van der Waals surface area contributed by atoms with E-state index in [4.69, 9.17) is 29.9 Å². The van der Waals surface area contributed by atoms with Crippen molar-refractivity contribution >= 4 is 45.8 Å². The number of hydrogen-bond donors (Lipinski definition) is 6.